The van der Waals surface area contributed by atoms with E-state index in [1.54, 1.807) is 12.1 Å². The minimum Gasteiger partial charge on any atom is -0.324 e. The summed E-state index contributed by atoms with van der Waals surface area (Å²) in [4.78, 5) is 0. The first kappa shape index (κ1) is 11.7. The van der Waals surface area contributed by atoms with Crippen LogP contribution < -0.4 is 5.73 Å². The second-order valence-corrected chi connectivity index (χ2v) is 4.76. The van der Waals surface area contributed by atoms with E-state index in [1.165, 1.54) is 6.07 Å². The number of nitrogens with two attached hydrogens (primary N) is 1. The predicted molar refractivity (Wildman–Crippen MR) is 60.5 cm³/mol. The van der Waals surface area contributed by atoms with Crippen LogP contribution in [0.4, 0.5) is 4.39 Å². The van der Waals surface area contributed by atoms with E-state index in [2.05, 4.69) is 29.8 Å². The van der Waals surface area contributed by atoms with Crippen LogP contribution in [0.1, 0.15) is 31.9 Å². The van der Waals surface area contributed by atoms with Crippen molar-refractivity contribution in [1.82, 2.24) is 0 Å². The Kier molecular flexibility index (Phi) is 4.08. The molecule has 0 heterocycles. The summed E-state index contributed by atoms with van der Waals surface area (Å²) in [6.07, 6.45) is 0.915. The zero-order valence-electron chi connectivity index (χ0n) is 8.43. The zero-order valence-corrected chi connectivity index (χ0v) is 10.0. The van der Waals surface area contributed by atoms with Gasteiger partial charge in [-0.15, -0.1) is 0 Å². The van der Waals surface area contributed by atoms with E-state index in [0.717, 1.165) is 12.0 Å². The summed E-state index contributed by atoms with van der Waals surface area (Å²) in [6.45, 7) is 4.25. The summed E-state index contributed by atoms with van der Waals surface area (Å²) in [5.41, 5.74) is 6.95. The SMILES string of the molecule is CC(C)C[C@@H](N)c1ccc(F)c(Br)c1. The summed E-state index contributed by atoms with van der Waals surface area (Å²) >= 11 is 3.15. The molecule has 0 aliphatic carbocycles. The molecule has 1 atom stereocenters. The number of rotatable bonds is 3. The average Bonchev–Trinajstić information content (AvgIpc) is 2.08. The summed E-state index contributed by atoms with van der Waals surface area (Å²) in [5, 5.41) is 0. The van der Waals surface area contributed by atoms with Crippen molar-refractivity contribution in [2.45, 2.75) is 26.3 Å². The number of hydrogen-bond acceptors (Lipinski definition) is 1. The van der Waals surface area contributed by atoms with Gasteiger partial charge in [0.15, 0.2) is 0 Å². The molecule has 0 saturated heterocycles. The Labute approximate surface area is 92.6 Å². The molecule has 3 heteroatoms. The van der Waals surface area contributed by atoms with Crippen molar-refractivity contribution in [2.75, 3.05) is 0 Å². The maximum absolute atomic E-state index is 12.9. The Balaban J connectivity index is 2.80. The van der Waals surface area contributed by atoms with Crippen LogP contribution in [0.5, 0.6) is 0 Å². The Morgan fingerprint density at radius 3 is 2.57 bits per heavy atom. The first-order valence-corrected chi connectivity index (χ1v) is 5.50. The Bertz CT molecular complexity index is 312. The van der Waals surface area contributed by atoms with Crippen molar-refractivity contribution in [3.8, 4) is 0 Å². The van der Waals surface area contributed by atoms with Crippen LogP contribution in [-0.4, -0.2) is 0 Å². The summed E-state index contributed by atoms with van der Waals surface area (Å²) in [6, 6.07) is 4.93. The van der Waals surface area contributed by atoms with Gasteiger partial charge in [0, 0.05) is 6.04 Å². The maximum Gasteiger partial charge on any atom is 0.137 e. The lowest BCUT2D eigenvalue weighted by molar-refractivity contribution is 0.509. The van der Waals surface area contributed by atoms with E-state index < -0.39 is 0 Å². The van der Waals surface area contributed by atoms with Gasteiger partial charge in [0.05, 0.1) is 4.47 Å². The lowest BCUT2D eigenvalue weighted by Gasteiger charge is -2.14. The molecule has 1 rings (SSSR count). The smallest absolute Gasteiger partial charge is 0.137 e. The summed E-state index contributed by atoms with van der Waals surface area (Å²) in [7, 11) is 0. The van der Waals surface area contributed by atoms with Gasteiger partial charge in [0.2, 0.25) is 0 Å². The number of hydrogen-bond donors (Lipinski definition) is 1. The van der Waals surface area contributed by atoms with E-state index in [4.69, 9.17) is 5.73 Å². The third kappa shape index (κ3) is 3.07. The Hall–Kier alpha value is -0.410. The quantitative estimate of drug-likeness (QED) is 0.882. The first-order valence-electron chi connectivity index (χ1n) is 4.71. The molecule has 0 bridgehead atoms. The molecule has 0 saturated carbocycles. The molecule has 1 aromatic rings. The van der Waals surface area contributed by atoms with Gasteiger partial charge < -0.3 is 5.73 Å². The molecule has 0 amide bonds. The fourth-order valence-corrected chi connectivity index (χ4v) is 1.78. The molecule has 0 spiro atoms. The predicted octanol–water partition coefficient (Wildman–Crippen LogP) is 3.63. The van der Waals surface area contributed by atoms with Crippen LogP contribution in [0.25, 0.3) is 0 Å². The fraction of sp³-hybridized carbons (Fsp3) is 0.455. The second-order valence-electron chi connectivity index (χ2n) is 3.91. The molecular formula is C11H15BrFN. The summed E-state index contributed by atoms with van der Waals surface area (Å²) in [5.74, 6) is 0.305. The lowest BCUT2D eigenvalue weighted by Crippen LogP contribution is -2.12. The molecule has 0 fully saturated rings. The largest absolute Gasteiger partial charge is 0.324 e. The monoisotopic (exact) mass is 259 g/mol. The third-order valence-corrected chi connectivity index (χ3v) is 2.70. The molecule has 2 N–H and O–H groups in total. The van der Waals surface area contributed by atoms with Crippen molar-refractivity contribution in [2.24, 2.45) is 11.7 Å². The minimum atomic E-state index is -0.245. The lowest BCUT2D eigenvalue weighted by atomic mass is 9.98. The van der Waals surface area contributed by atoms with E-state index in [-0.39, 0.29) is 11.9 Å². The normalized spacial score (nSPS) is 13.3. The van der Waals surface area contributed by atoms with Crippen molar-refractivity contribution >= 4 is 15.9 Å². The van der Waals surface area contributed by atoms with Gasteiger partial charge in [0.1, 0.15) is 5.82 Å². The van der Waals surface area contributed by atoms with Gasteiger partial charge in [-0.2, -0.15) is 0 Å². The third-order valence-electron chi connectivity index (χ3n) is 2.10. The number of halogens is 2. The van der Waals surface area contributed by atoms with Gasteiger partial charge in [-0.25, -0.2) is 4.39 Å². The Morgan fingerprint density at radius 2 is 2.07 bits per heavy atom. The number of benzene rings is 1. The Morgan fingerprint density at radius 1 is 1.43 bits per heavy atom. The molecule has 0 aromatic heterocycles. The molecule has 0 aliphatic rings. The highest BCUT2D eigenvalue weighted by Crippen LogP contribution is 2.23. The second kappa shape index (κ2) is 4.89. The molecule has 0 aliphatic heterocycles. The van der Waals surface area contributed by atoms with E-state index in [9.17, 15) is 4.39 Å². The van der Waals surface area contributed by atoms with Crippen LogP contribution >= 0.6 is 15.9 Å². The van der Waals surface area contributed by atoms with Gasteiger partial charge in [-0.1, -0.05) is 19.9 Å². The van der Waals surface area contributed by atoms with Crippen molar-refractivity contribution in [3.63, 3.8) is 0 Å². The highest BCUT2D eigenvalue weighted by molar-refractivity contribution is 9.10. The fourth-order valence-electron chi connectivity index (χ4n) is 1.39. The van der Waals surface area contributed by atoms with Crippen molar-refractivity contribution in [1.29, 1.82) is 0 Å². The molecule has 0 radical (unpaired) electrons. The van der Waals surface area contributed by atoms with Crippen LogP contribution in [0, 0.1) is 11.7 Å². The molecular weight excluding hydrogens is 245 g/mol. The molecule has 1 nitrogen and oxygen atoms in total. The highest BCUT2D eigenvalue weighted by atomic mass is 79.9. The molecule has 14 heavy (non-hydrogen) atoms. The molecule has 1 aromatic carbocycles. The van der Waals surface area contributed by atoms with Crippen LogP contribution in [-0.2, 0) is 0 Å². The van der Waals surface area contributed by atoms with Gasteiger partial charge in [0.25, 0.3) is 0 Å². The maximum atomic E-state index is 12.9. The standard InChI is InChI=1S/C11H15BrFN/c1-7(2)5-11(14)8-3-4-10(13)9(12)6-8/h3-4,6-7,11H,5,14H2,1-2H3/t11-/m1/s1. The minimum absolute atomic E-state index is 0.00750. The zero-order chi connectivity index (χ0) is 10.7. The van der Waals surface area contributed by atoms with Crippen LogP contribution in [0.3, 0.4) is 0 Å². The molecule has 78 valence electrons. The van der Waals surface area contributed by atoms with E-state index in [0.29, 0.717) is 10.4 Å². The van der Waals surface area contributed by atoms with Crippen molar-refractivity contribution in [3.05, 3.63) is 34.1 Å². The van der Waals surface area contributed by atoms with Crippen LogP contribution in [0.2, 0.25) is 0 Å². The van der Waals surface area contributed by atoms with Crippen molar-refractivity contribution < 1.29 is 4.39 Å². The van der Waals surface area contributed by atoms with E-state index in [1.807, 2.05) is 0 Å². The molecule has 0 unspecified atom stereocenters. The van der Waals surface area contributed by atoms with Crippen LogP contribution in [0.15, 0.2) is 22.7 Å². The topological polar surface area (TPSA) is 26.0 Å². The average molecular weight is 260 g/mol. The van der Waals surface area contributed by atoms with E-state index >= 15 is 0 Å². The van der Waals surface area contributed by atoms with Gasteiger partial charge in [-0.3, -0.25) is 0 Å². The first-order chi connectivity index (χ1) is 6.50. The van der Waals surface area contributed by atoms with Gasteiger partial charge >= 0.3 is 0 Å². The summed E-state index contributed by atoms with van der Waals surface area (Å²) < 4.78 is 13.4. The van der Waals surface area contributed by atoms with Gasteiger partial charge in [-0.05, 0) is 46.0 Å². The highest BCUT2D eigenvalue weighted by Gasteiger charge is 2.09.